The summed E-state index contributed by atoms with van der Waals surface area (Å²) in [5.41, 5.74) is 8.98. The average molecular weight is 424 g/mol. The minimum atomic E-state index is 0. The Morgan fingerprint density at radius 1 is 1.07 bits per heavy atom. The van der Waals surface area contributed by atoms with Crippen molar-refractivity contribution < 1.29 is 4.79 Å². The van der Waals surface area contributed by atoms with Crippen molar-refractivity contribution in [2.75, 3.05) is 36.8 Å². The van der Waals surface area contributed by atoms with E-state index in [2.05, 4.69) is 20.0 Å². The Morgan fingerprint density at radius 3 is 2.50 bits per heavy atom. The quantitative estimate of drug-likeness (QED) is 0.634. The van der Waals surface area contributed by atoms with Crippen molar-refractivity contribution >= 4 is 48.0 Å². The molecule has 0 saturated carbocycles. The maximum atomic E-state index is 12.9. The molecule has 0 unspecified atom stereocenters. The van der Waals surface area contributed by atoms with Gasteiger partial charge in [-0.25, -0.2) is 4.98 Å². The van der Waals surface area contributed by atoms with E-state index in [9.17, 15) is 4.79 Å². The average Bonchev–Trinajstić information content (AvgIpc) is 3.11. The maximum Gasteiger partial charge on any atom is 0.254 e. The van der Waals surface area contributed by atoms with Crippen LogP contribution in [0.1, 0.15) is 21.6 Å². The third-order valence-corrected chi connectivity index (χ3v) is 4.74. The Balaban J connectivity index is 0.00000140. The second-order valence-corrected chi connectivity index (χ2v) is 6.58. The molecule has 10 heteroatoms. The first-order chi connectivity index (χ1) is 12.5. The highest BCUT2D eigenvalue weighted by Crippen LogP contribution is 2.20. The topological polar surface area (TPSA) is 92.7 Å². The lowest BCUT2D eigenvalue weighted by Crippen LogP contribution is -2.49. The predicted molar refractivity (Wildman–Crippen MR) is 114 cm³/mol. The van der Waals surface area contributed by atoms with E-state index in [4.69, 9.17) is 5.73 Å². The number of fused-ring (bicyclic) bond motifs is 1. The van der Waals surface area contributed by atoms with Crippen LogP contribution in [0.15, 0.2) is 30.6 Å². The minimum absolute atomic E-state index is 0. The number of aromatic nitrogens is 4. The Labute approximate surface area is 175 Å². The summed E-state index contributed by atoms with van der Waals surface area (Å²) < 4.78 is 1.74. The highest BCUT2D eigenvalue weighted by atomic mass is 35.5. The Hall–Kier alpha value is -2.58. The molecule has 3 heterocycles. The molecule has 0 bridgehead atoms. The van der Waals surface area contributed by atoms with Crippen LogP contribution in [0.2, 0.25) is 0 Å². The highest BCUT2D eigenvalue weighted by Gasteiger charge is 2.25. The molecule has 1 aliphatic heterocycles. The number of hydrogen-bond donors (Lipinski definition) is 1. The first-order valence-corrected chi connectivity index (χ1v) is 8.60. The number of amides is 1. The number of nitrogen functional groups attached to an aromatic ring is 1. The maximum absolute atomic E-state index is 12.9. The van der Waals surface area contributed by atoms with E-state index in [0.29, 0.717) is 30.1 Å². The van der Waals surface area contributed by atoms with Crippen molar-refractivity contribution in [2.45, 2.75) is 13.8 Å². The third kappa shape index (κ3) is 3.98. The lowest BCUT2D eigenvalue weighted by Gasteiger charge is -2.36. The molecule has 0 aliphatic carbocycles. The van der Waals surface area contributed by atoms with Gasteiger partial charge >= 0.3 is 0 Å². The van der Waals surface area contributed by atoms with Crippen LogP contribution in [0, 0.1) is 13.8 Å². The summed E-state index contributed by atoms with van der Waals surface area (Å²) in [7, 11) is 0. The van der Waals surface area contributed by atoms with Gasteiger partial charge in [0, 0.05) is 49.2 Å². The van der Waals surface area contributed by atoms with Crippen LogP contribution in [0.4, 0.5) is 11.5 Å². The first kappa shape index (κ1) is 21.7. The number of nitrogens with zero attached hydrogens (tertiary/aromatic N) is 6. The Morgan fingerprint density at radius 2 is 1.79 bits per heavy atom. The van der Waals surface area contributed by atoms with E-state index >= 15 is 0 Å². The van der Waals surface area contributed by atoms with Crippen molar-refractivity contribution in [3.63, 3.8) is 0 Å². The number of piperazine rings is 1. The molecule has 0 spiro atoms. The summed E-state index contributed by atoms with van der Waals surface area (Å²) in [4.78, 5) is 25.5. The van der Waals surface area contributed by atoms with Gasteiger partial charge in [0.25, 0.3) is 11.7 Å². The molecule has 150 valence electrons. The molecule has 28 heavy (non-hydrogen) atoms. The standard InChI is InChI=1S/C18H21N7O.2ClH/c1-12-3-4-14(19)10-15(12)17(26)24-7-5-23(6-8-24)16-9-13(2)22-18-20-11-21-25(16)18;;/h3-4,9-11H,5-8,19H2,1-2H3;2*1H. The molecule has 2 aromatic heterocycles. The molecule has 1 aromatic carbocycles. The summed E-state index contributed by atoms with van der Waals surface area (Å²) in [5, 5.41) is 4.26. The summed E-state index contributed by atoms with van der Waals surface area (Å²) in [6.07, 6.45) is 1.51. The molecule has 1 fully saturated rings. The van der Waals surface area contributed by atoms with Crippen LogP contribution in [0.25, 0.3) is 5.78 Å². The van der Waals surface area contributed by atoms with Crippen LogP contribution >= 0.6 is 24.8 Å². The van der Waals surface area contributed by atoms with E-state index in [1.807, 2.05) is 36.9 Å². The molecule has 0 atom stereocenters. The number of carbonyl (C=O) groups is 1. The van der Waals surface area contributed by atoms with Gasteiger partial charge in [0.1, 0.15) is 12.1 Å². The van der Waals surface area contributed by atoms with E-state index in [1.165, 1.54) is 6.33 Å². The summed E-state index contributed by atoms with van der Waals surface area (Å²) in [5.74, 6) is 1.58. The van der Waals surface area contributed by atoms with Crippen LogP contribution in [-0.2, 0) is 0 Å². The van der Waals surface area contributed by atoms with Gasteiger partial charge in [-0.15, -0.1) is 24.8 Å². The fraction of sp³-hybridized carbons (Fsp3) is 0.333. The molecule has 2 N–H and O–H groups in total. The van der Waals surface area contributed by atoms with Gasteiger partial charge < -0.3 is 15.5 Å². The van der Waals surface area contributed by atoms with E-state index < -0.39 is 0 Å². The van der Waals surface area contributed by atoms with Crippen LogP contribution in [0.5, 0.6) is 0 Å². The summed E-state index contributed by atoms with van der Waals surface area (Å²) in [6, 6.07) is 7.47. The molecular formula is C18H23Cl2N7O. The molecule has 1 saturated heterocycles. The SMILES string of the molecule is Cc1cc(N2CCN(C(=O)c3cc(N)ccc3C)CC2)n2ncnc2n1.Cl.Cl. The number of rotatable bonds is 2. The van der Waals surface area contributed by atoms with Crippen LogP contribution in [0.3, 0.4) is 0 Å². The number of nitrogens with two attached hydrogens (primary N) is 1. The van der Waals surface area contributed by atoms with E-state index in [1.54, 1.807) is 10.6 Å². The number of aryl methyl sites for hydroxylation is 2. The van der Waals surface area contributed by atoms with Gasteiger partial charge in [-0.1, -0.05) is 6.07 Å². The van der Waals surface area contributed by atoms with Gasteiger partial charge in [0.15, 0.2) is 0 Å². The van der Waals surface area contributed by atoms with Crippen molar-refractivity contribution in [1.29, 1.82) is 0 Å². The van der Waals surface area contributed by atoms with Crippen LogP contribution in [-0.4, -0.2) is 56.6 Å². The molecule has 1 amide bonds. The number of halogens is 2. The zero-order valence-corrected chi connectivity index (χ0v) is 17.3. The monoisotopic (exact) mass is 423 g/mol. The zero-order chi connectivity index (χ0) is 18.3. The van der Waals surface area contributed by atoms with Crippen molar-refractivity contribution in [3.8, 4) is 0 Å². The molecule has 3 aromatic rings. The molecule has 8 nitrogen and oxygen atoms in total. The zero-order valence-electron chi connectivity index (χ0n) is 15.7. The van der Waals surface area contributed by atoms with E-state index in [0.717, 1.165) is 30.2 Å². The normalized spacial score (nSPS) is 13.8. The smallest absolute Gasteiger partial charge is 0.254 e. The molecule has 1 aliphatic rings. The molecule has 0 radical (unpaired) electrons. The number of carbonyl (C=O) groups excluding carboxylic acids is 1. The lowest BCUT2D eigenvalue weighted by atomic mass is 10.1. The van der Waals surface area contributed by atoms with Gasteiger partial charge in [0.05, 0.1) is 0 Å². The second-order valence-electron chi connectivity index (χ2n) is 6.58. The van der Waals surface area contributed by atoms with Crippen molar-refractivity contribution in [2.24, 2.45) is 0 Å². The molecule has 4 rings (SSSR count). The summed E-state index contributed by atoms with van der Waals surface area (Å²) >= 11 is 0. The largest absolute Gasteiger partial charge is 0.399 e. The molecular weight excluding hydrogens is 401 g/mol. The number of anilines is 2. The first-order valence-electron chi connectivity index (χ1n) is 8.60. The lowest BCUT2D eigenvalue weighted by molar-refractivity contribution is 0.0745. The second kappa shape index (κ2) is 8.62. The van der Waals surface area contributed by atoms with Gasteiger partial charge in [0.2, 0.25) is 0 Å². The van der Waals surface area contributed by atoms with E-state index in [-0.39, 0.29) is 30.7 Å². The highest BCUT2D eigenvalue weighted by molar-refractivity contribution is 5.96. The number of benzene rings is 1. The van der Waals surface area contributed by atoms with Crippen molar-refractivity contribution in [1.82, 2.24) is 24.5 Å². The minimum Gasteiger partial charge on any atom is -0.399 e. The van der Waals surface area contributed by atoms with Crippen LogP contribution < -0.4 is 10.6 Å². The number of hydrogen-bond acceptors (Lipinski definition) is 6. The predicted octanol–water partition coefficient (Wildman–Crippen LogP) is 2.13. The Bertz CT molecular complexity index is 983. The van der Waals surface area contributed by atoms with Gasteiger partial charge in [-0.3, -0.25) is 4.79 Å². The van der Waals surface area contributed by atoms with Gasteiger partial charge in [-0.2, -0.15) is 14.6 Å². The fourth-order valence-corrected chi connectivity index (χ4v) is 3.32. The van der Waals surface area contributed by atoms with Gasteiger partial charge in [-0.05, 0) is 31.5 Å². The summed E-state index contributed by atoms with van der Waals surface area (Å²) in [6.45, 7) is 6.62. The van der Waals surface area contributed by atoms with Crippen molar-refractivity contribution in [3.05, 3.63) is 47.4 Å². The third-order valence-electron chi connectivity index (χ3n) is 4.74. The Kier molecular flexibility index (Phi) is 6.69. The fourth-order valence-electron chi connectivity index (χ4n) is 3.32.